The van der Waals surface area contributed by atoms with E-state index in [9.17, 15) is 19.2 Å². The van der Waals surface area contributed by atoms with Gasteiger partial charge in [0.2, 0.25) is 0 Å². The van der Waals surface area contributed by atoms with Gasteiger partial charge >= 0.3 is 22.8 Å². The van der Waals surface area contributed by atoms with Gasteiger partial charge in [-0.2, -0.15) is 0 Å². The first-order chi connectivity index (χ1) is 31.0. The fraction of sp³-hybridized carbons (Fsp3) is 0.0833. The Morgan fingerprint density at radius 3 is 0.688 bits per heavy atom. The molecule has 4 aromatic carbocycles. The summed E-state index contributed by atoms with van der Waals surface area (Å²) in [7, 11) is 0. The topological polar surface area (TPSA) is 151 Å². The van der Waals surface area contributed by atoms with Crippen molar-refractivity contribution < 1.29 is 0 Å². The van der Waals surface area contributed by atoms with E-state index < -0.39 is 0 Å². The Labute approximate surface area is 380 Å². The third kappa shape index (κ3) is 8.46. The highest BCUT2D eigenvalue weighted by Gasteiger charge is 2.12. The molecule has 16 heteroatoms. The molecule has 8 heterocycles. The van der Waals surface area contributed by atoms with Crippen molar-refractivity contribution in [1.29, 1.82) is 0 Å². The van der Waals surface area contributed by atoms with E-state index in [2.05, 4.69) is 19.9 Å². The summed E-state index contributed by atoms with van der Waals surface area (Å²) in [4.78, 5) is 63.6. The van der Waals surface area contributed by atoms with Crippen molar-refractivity contribution in [2.45, 2.75) is 27.7 Å². The second-order valence-corrected chi connectivity index (χ2v) is 19.7. The predicted octanol–water partition coefficient (Wildman–Crippen LogP) is 10.8. The lowest BCUT2D eigenvalue weighted by Gasteiger charge is -1.97. The molecule has 0 aliphatic carbocycles. The lowest BCUT2D eigenvalue weighted by molar-refractivity contribution is 1.04. The van der Waals surface area contributed by atoms with Gasteiger partial charge in [0.25, 0.3) is 0 Å². The number of H-pyrrole nitrogens is 4. The normalized spacial score (nSPS) is 11.1. The van der Waals surface area contributed by atoms with Crippen LogP contribution in [0.15, 0.2) is 165 Å². The van der Waals surface area contributed by atoms with Crippen molar-refractivity contribution in [2.24, 2.45) is 0 Å². The van der Waals surface area contributed by atoms with Gasteiger partial charge in [0.1, 0.15) is 20.0 Å². The minimum absolute atomic E-state index is 0.0805. The van der Waals surface area contributed by atoms with Crippen LogP contribution in [-0.4, -0.2) is 38.2 Å². The van der Waals surface area contributed by atoms with E-state index in [0.717, 1.165) is 64.1 Å². The number of thiophene rings is 4. The number of imidazole rings is 4. The van der Waals surface area contributed by atoms with Gasteiger partial charge in [-0.15, -0.1) is 45.3 Å². The van der Waals surface area contributed by atoms with Crippen molar-refractivity contribution in [3.8, 4) is 20.0 Å². The summed E-state index contributed by atoms with van der Waals surface area (Å²) in [5, 5.41) is 3.83. The summed E-state index contributed by atoms with van der Waals surface area (Å²) in [6.07, 6.45) is 0. The maximum absolute atomic E-state index is 11.9. The van der Waals surface area contributed by atoms with Gasteiger partial charge in [-0.1, -0.05) is 48.5 Å². The summed E-state index contributed by atoms with van der Waals surface area (Å²) in [6.45, 7) is 8.14. The van der Waals surface area contributed by atoms with Crippen LogP contribution in [0.3, 0.4) is 0 Å². The lowest BCUT2D eigenvalue weighted by Crippen LogP contribution is -2.13. The van der Waals surface area contributed by atoms with Crippen LogP contribution >= 0.6 is 45.3 Å². The van der Waals surface area contributed by atoms with Gasteiger partial charge in [-0.05, 0) is 125 Å². The van der Waals surface area contributed by atoms with Gasteiger partial charge in [0.05, 0.1) is 44.1 Å². The van der Waals surface area contributed by atoms with Crippen LogP contribution in [0.2, 0.25) is 0 Å². The van der Waals surface area contributed by atoms with E-state index >= 15 is 0 Å². The van der Waals surface area contributed by atoms with E-state index in [0.29, 0.717) is 0 Å². The number of aromatic amines is 4. The maximum atomic E-state index is 11.9. The summed E-state index contributed by atoms with van der Waals surface area (Å²) in [6, 6.07) is 46.8. The molecule has 0 radical (unpaired) electrons. The molecule has 8 aromatic heterocycles. The number of hydrogen-bond donors (Lipinski definition) is 4. The molecule has 12 nitrogen and oxygen atoms in total. The van der Waals surface area contributed by atoms with Crippen molar-refractivity contribution in [3.63, 3.8) is 0 Å². The van der Waals surface area contributed by atoms with Crippen molar-refractivity contribution in [1.82, 2.24) is 38.2 Å². The van der Waals surface area contributed by atoms with Crippen molar-refractivity contribution in [2.75, 3.05) is 0 Å². The molecular formula is C48H40N8O4S4. The molecular weight excluding hydrogens is 881 g/mol. The zero-order chi connectivity index (χ0) is 44.5. The first kappa shape index (κ1) is 42.1. The Balaban J connectivity index is 0.000000108. The number of hydrogen-bond acceptors (Lipinski definition) is 8. The van der Waals surface area contributed by atoms with Crippen LogP contribution in [0.4, 0.5) is 0 Å². The molecule has 0 saturated carbocycles. The third-order valence-electron chi connectivity index (χ3n) is 10.1. The van der Waals surface area contributed by atoms with Gasteiger partial charge in [0.15, 0.2) is 0 Å². The lowest BCUT2D eigenvalue weighted by atomic mass is 10.3. The fourth-order valence-electron chi connectivity index (χ4n) is 7.26. The highest BCUT2D eigenvalue weighted by Crippen LogP contribution is 2.25. The second kappa shape index (κ2) is 17.9. The molecule has 320 valence electrons. The average molecular weight is 921 g/mol. The maximum Gasteiger partial charge on any atom is 0.331 e. The molecule has 0 fully saturated rings. The minimum atomic E-state index is -0.0805. The Morgan fingerprint density at radius 2 is 0.500 bits per heavy atom. The van der Waals surface area contributed by atoms with Crippen LogP contribution in [0.1, 0.15) is 19.5 Å². The van der Waals surface area contributed by atoms with Crippen LogP contribution in [-0.2, 0) is 0 Å². The van der Waals surface area contributed by atoms with Crippen LogP contribution in [0.5, 0.6) is 0 Å². The molecule has 0 unspecified atom stereocenters. The first-order valence-electron chi connectivity index (χ1n) is 20.1. The van der Waals surface area contributed by atoms with E-state index in [1.807, 2.05) is 173 Å². The number of fused-ring (bicyclic) bond motifs is 4. The number of aryl methyl sites for hydroxylation is 4. The monoisotopic (exact) mass is 920 g/mol. The zero-order valence-electron chi connectivity index (χ0n) is 34.9. The Bertz CT molecular complexity index is 3320. The number of rotatable bonds is 4. The van der Waals surface area contributed by atoms with Gasteiger partial charge in [-0.3, -0.25) is 18.3 Å². The number of aromatic nitrogens is 8. The van der Waals surface area contributed by atoms with E-state index in [4.69, 9.17) is 0 Å². The van der Waals surface area contributed by atoms with E-state index in [1.54, 1.807) is 63.6 Å². The van der Waals surface area contributed by atoms with E-state index in [-0.39, 0.29) is 22.8 Å². The molecule has 12 aromatic rings. The minimum Gasteiger partial charge on any atom is -0.305 e. The van der Waals surface area contributed by atoms with E-state index in [1.165, 1.54) is 19.5 Å². The zero-order valence-corrected chi connectivity index (χ0v) is 38.2. The van der Waals surface area contributed by atoms with Gasteiger partial charge in [0, 0.05) is 19.5 Å². The smallest absolute Gasteiger partial charge is 0.305 e. The van der Waals surface area contributed by atoms with Gasteiger partial charge < -0.3 is 19.9 Å². The Kier molecular flexibility index (Phi) is 11.7. The Morgan fingerprint density at radius 1 is 0.297 bits per heavy atom. The van der Waals surface area contributed by atoms with Crippen molar-refractivity contribution >= 4 is 89.5 Å². The average Bonchev–Trinajstić information content (AvgIpc) is 4.16. The number of nitrogens with zero attached hydrogens (tertiary/aromatic N) is 4. The first-order valence-corrected chi connectivity index (χ1v) is 23.4. The largest absolute Gasteiger partial charge is 0.331 e. The molecule has 0 aliphatic heterocycles. The quantitative estimate of drug-likeness (QED) is 0.139. The second-order valence-electron chi connectivity index (χ2n) is 14.7. The molecule has 0 amide bonds. The third-order valence-corrected chi connectivity index (χ3v) is 14.1. The number of nitrogens with one attached hydrogen (secondary N) is 4. The molecule has 12 rings (SSSR count). The highest BCUT2D eigenvalue weighted by molar-refractivity contribution is 7.15. The molecule has 0 saturated heterocycles. The van der Waals surface area contributed by atoms with Crippen LogP contribution in [0.25, 0.3) is 64.1 Å². The summed E-state index contributed by atoms with van der Waals surface area (Å²) in [5.41, 5.74) is 6.87. The number of para-hydroxylation sites is 8. The number of benzene rings is 4. The molecule has 0 aliphatic rings. The molecule has 0 bridgehead atoms. The van der Waals surface area contributed by atoms with Crippen LogP contribution in [0, 0.1) is 27.7 Å². The standard InChI is InChI=1S/4C12H10N2OS/c4*1-8-6-7-11(16-8)14-10-5-3-2-4-9(10)13-12(14)15/h4*2-7H,1H3,(H,13,15). The summed E-state index contributed by atoms with van der Waals surface area (Å²) < 4.78 is 6.86. The molecule has 0 spiro atoms. The van der Waals surface area contributed by atoms with Crippen LogP contribution < -0.4 is 22.8 Å². The highest BCUT2D eigenvalue weighted by atomic mass is 32.1. The SMILES string of the molecule is Cc1ccc(-n2c(=O)[nH]c3ccccc32)s1.Cc1ccc(-n2c(=O)[nH]c3ccccc32)s1.Cc1ccc(-n2c(=O)[nH]c3ccccc32)s1.Cc1ccc(-n2c(=O)[nH]c3ccccc32)s1. The van der Waals surface area contributed by atoms with Gasteiger partial charge in [-0.25, -0.2) is 19.2 Å². The predicted molar refractivity (Wildman–Crippen MR) is 266 cm³/mol. The molecule has 64 heavy (non-hydrogen) atoms. The summed E-state index contributed by atoms with van der Waals surface area (Å²) in [5.74, 6) is 0. The molecule has 0 atom stereocenters. The Hall–Kier alpha value is -7.24. The summed E-state index contributed by atoms with van der Waals surface area (Å²) >= 11 is 6.47. The van der Waals surface area contributed by atoms with Crippen molar-refractivity contribution in [3.05, 3.63) is 207 Å². The fourth-order valence-corrected chi connectivity index (χ4v) is 10.8. The molecule has 4 N–H and O–H groups in total.